The van der Waals surface area contributed by atoms with Crippen molar-refractivity contribution < 1.29 is 17.7 Å². The molecule has 0 aliphatic carbocycles. The molecule has 0 unspecified atom stereocenters. The zero-order valence-electron chi connectivity index (χ0n) is 10.6. The van der Waals surface area contributed by atoms with Gasteiger partial charge < -0.3 is 4.52 Å². The Morgan fingerprint density at radius 2 is 2.19 bits per heavy atom. The first-order chi connectivity index (χ1) is 9.93. The molecular formula is C10H8F3N7O. The fourth-order valence-electron chi connectivity index (χ4n) is 1.70. The predicted octanol–water partition coefficient (Wildman–Crippen LogP) is 1.20. The highest BCUT2D eigenvalue weighted by molar-refractivity contribution is 5.49. The minimum Gasteiger partial charge on any atom is -0.338 e. The Morgan fingerprint density at radius 1 is 1.38 bits per heavy atom. The van der Waals surface area contributed by atoms with E-state index in [1.165, 1.54) is 13.4 Å². The van der Waals surface area contributed by atoms with Crippen molar-refractivity contribution in [2.75, 3.05) is 0 Å². The minimum atomic E-state index is -4.53. The molecule has 21 heavy (non-hydrogen) atoms. The molecule has 0 bridgehead atoms. The van der Waals surface area contributed by atoms with E-state index >= 15 is 0 Å². The van der Waals surface area contributed by atoms with Crippen molar-refractivity contribution in [2.45, 2.75) is 12.6 Å². The summed E-state index contributed by atoms with van der Waals surface area (Å²) in [6, 6.07) is 0.864. The number of halogens is 3. The van der Waals surface area contributed by atoms with Gasteiger partial charge in [0.25, 0.3) is 0 Å². The molecule has 0 saturated heterocycles. The zero-order chi connectivity index (χ0) is 15.0. The lowest BCUT2D eigenvalue weighted by Crippen LogP contribution is -2.06. The molecule has 110 valence electrons. The number of hydrogen-bond acceptors (Lipinski definition) is 6. The first-order valence-electron chi connectivity index (χ1n) is 5.72. The van der Waals surface area contributed by atoms with Crippen LogP contribution in [0.4, 0.5) is 13.2 Å². The summed E-state index contributed by atoms with van der Waals surface area (Å²) in [5, 5.41) is 13.3. The van der Waals surface area contributed by atoms with E-state index < -0.39 is 11.9 Å². The number of aryl methyl sites for hydroxylation is 1. The molecule has 0 amide bonds. The summed E-state index contributed by atoms with van der Waals surface area (Å²) in [6.07, 6.45) is -3.00. The maximum atomic E-state index is 12.6. The van der Waals surface area contributed by atoms with E-state index in [9.17, 15) is 13.2 Å². The fourth-order valence-corrected chi connectivity index (χ4v) is 1.70. The highest BCUT2D eigenvalue weighted by Crippen LogP contribution is 2.30. The van der Waals surface area contributed by atoms with Crippen molar-refractivity contribution >= 4 is 0 Å². The van der Waals surface area contributed by atoms with Gasteiger partial charge in [0, 0.05) is 7.05 Å². The molecule has 0 saturated carbocycles. The standard InChI is InChI=1S/C10H8F3N7O/c1-20-5(2-6(18-20)10(11,12)13)9-16-8(21-19-9)3-7-14-4-15-17-7/h2,4H,3H2,1H3,(H,14,15,17). The number of rotatable bonds is 3. The minimum absolute atomic E-state index is 0.0232. The quantitative estimate of drug-likeness (QED) is 0.780. The van der Waals surface area contributed by atoms with E-state index in [0.29, 0.717) is 5.82 Å². The van der Waals surface area contributed by atoms with Crippen molar-refractivity contribution in [3.05, 3.63) is 29.8 Å². The van der Waals surface area contributed by atoms with Crippen LogP contribution in [0.5, 0.6) is 0 Å². The van der Waals surface area contributed by atoms with Gasteiger partial charge in [-0.15, -0.1) is 0 Å². The molecule has 1 N–H and O–H groups in total. The summed E-state index contributed by atoms with van der Waals surface area (Å²) in [6.45, 7) is 0. The molecule has 0 aliphatic rings. The van der Waals surface area contributed by atoms with Crippen LogP contribution >= 0.6 is 0 Å². The Labute approximate surface area is 115 Å². The smallest absolute Gasteiger partial charge is 0.338 e. The number of aromatic nitrogens is 7. The lowest BCUT2D eigenvalue weighted by molar-refractivity contribution is -0.141. The van der Waals surface area contributed by atoms with Gasteiger partial charge in [0.05, 0.1) is 6.42 Å². The summed E-state index contributed by atoms with van der Waals surface area (Å²) in [7, 11) is 1.37. The van der Waals surface area contributed by atoms with Crippen LogP contribution < -0.4 is 0 Å². The molecule has 0 radical (unpaired) electrons. The third-order valence-corrected chi connectivity index (χ3v) is 2.65. The first-order valence-corrected chi connectivity index (χ1v) is 5.72. The molecule has 0 aliphatic heterocycles. The summed E-state index contributed by atoms with van der Waals surface area (Å²) >= 11 is 0. The second-order valence-electron chi connectivity index (χ2n) is 4.16. The number of nitrogens with zero attached hydrogens (tertiary/aromatic N) is 6. The van der Waals surface area contributed by atoms with Gasteiger partial charge in [-0.1, -0.05) is 5.16 Å². The highest BCUT2D eigenvalue weighted by Gasteiger charge is 2.35. The van der Waals surface area contributed by atoms with Gasteiger partial charge >= 0.3 is 6.18 Å². The summed E-state index contributed by atoms with van der Waals surface area (Å²) < 4.78 is 43.8. The number of aromatic amines is 1. The van der Waals surface area contributed by atoms with Gasteiger partial charge in [0.15, 0.2) is 5.69 Å². The average Bonchev–Trinajstić information content (AvgIpc) is 3.09. The Morgan fingerprint density at radius 3 is 2.81 bits per heavy atom. The molecule has 8 nitrogen and oxygen atoms in total. The molecule has 0 fully saturated rings. The second-order valence-corrected chi connectivity index (χ2v) is 4.16. The van der Waals surface area contributed by atoms with E-state index in [2.05, 4.69) is 30.4 Å². The van der Waals surface area contributed by atoms with E-state index in [-0.39, 0.29) is 23.8 Å². The molecular weight excluding hydrogens is 291 g/mol. The Balaban J connectivity index is 1.88. The van der Waals surface area contributed by atoms with Gasteiger partial charge in [-0.05, 0) is 6.07 Å². The van der Waals surface area contributed by atoms with Crippen molar-refractivity contribution in [3.8, 4) is 11.5 Å². The Bertz CT molecular complexity index is 743. The maximum Gasteiger partial charge on any atom is 0.435 e. The lowest BCUT2D eigenvalue weighted by atomic mass is 10.3. The van der Waals surface area contributed by atoms with Crippen LogP contribution in [0.1, 0.15) is 17.4 Å². The van der Waals surface area contributed by atoms with Crippen LogP contribution in [0.25, 0.3) is 11.5 Å². The van der Waals surface area contributed by atoms with Crippen molar-refractivity contribution in [1.29, 1.82) is 0 Å². The topological polar surface area (TPSA) is 98.3 Å². The van der Waals surface area contributed by atoms with Gasteiger partial charge in [-0.25, -0.2) is 4.98 Å². The third-order valence-electron chi connectivity index (χ3n) is 2.65. The molecule has 3 rings (SSSR count). The zero-order valence-corrected chi connectivity index (χ0v) is 10.6. The van der Waals surface area contributed by atoms with Crippen LogP contribution in [-0.2, 0) is 19.6 Å². The first kappa shape index (κ1) is 13.3. The van der Waals surface area contributed by atoms with E-state index in [1.54, 1.807) is 0 Å². The molecule has 3 aromatic heterocycles. The van der Waals surface area contributed by atoms with Gasteiger partial charge in [-0.3, -0.25) is 9.78 Å². The SMILES string of the molecule is Cn1nc(C(F)(F)F)cc1-c1noc(Cc2ncn[nH]2)n1. The fraction of sp³-hybridized carbons (Fsp3) is 0.300. The van der Waals surface area contributed by atoms with Crippen LogP contribution in [0.15, 0.2) is 16.9 Å². The van der Waals surface area contributed by atoms with Crippen LogP contribution in [0, 0.1) is 0 Å². The van der Waals surface area contributed by atoms with Gasteiger partial charge in [0.1, 0.15) is 17.8 Å². The maximum absolute atomic E-state index is 12.6. The number of alkyl halides is 3. The summed E-state index contributed by atoms with van der Waals surface area (Å²) in [4.78, 5) is 7.90. The predicted molar refractivity (Wildman–Crippen MR) is 60.7 cm³/mol. The molecule has 3 heterocycles. The number of nitrogens with one attached hydrogen (secondary N) is 1. The lowest BCUT2D eigenvalue weighted by Gasteiger charge is -1.98. The molecule has 0 atom stereocenters. The monoisotopic (exact) mass is 299 g/mol. The van der Waals surface area contributed by atoms with E-state index in [4.69, 9.17) is 4.52 Å². The van der Waals surface area contributed by atoms with Crippen molar-refractivity contribution in [2.24, 2.45) is 7.05 Å². The third kappa shape index (κ3) is 2.61. The second kappa shape index (κ2) is 4.68. The largest absolute Gasteiger partial charge is 0.435 e. The van der Waals surface area contributed by atoms with Gasteiger partial charge in [0.2, 0.25) is 11.7 Å². The molecule has 0 spiro atoms. The highest BCUT2D eigenvalue weighted by atomic mass is 19.4. The molecule has 11 heteroatoms. The van der Waals surface area contributed by atoms with Crippen LogP contribution in [0.3, 0.4) is 0 Å². The molecule has 3 aromatic rings. The Kier molecular flexibility index (Phi) is 2.96. The summed E-state index contributed by atoms with van der Waals surface area (Å²) in [5.74, 6) is 0.734. The normalized spacial score (nSPS) is 12.0. The van der Waals surface area contributed by atoms with Gasteiger partial charge in [-0.2, -0.15) is 28.4 Å². The summed E-state index contributed by atoms with van der Waals surface area (Å²) in [5.41, 5.74) is -0.906. The van der Waals surface area contributed by atoms with Crippen molar-refractivity contribution in [3.63, 3.8) is 0 Å². The van der Waals surface area contributed by atoms with Crippen molar-refractivity contribution in [1.82, 2.24) is 35.1 Å². The molecule has 0 aromatic carbocycles. The van der Waals surface area contributed by atoms with Crippen LogP contribution in [-0.4, -0.2) is 35.1 Å². The Hall–Kier alpha value is -2.72. The average molecular weight is 299 g/mol. The number of hydrogen-bond donors (Lipinski definition) is 1. The van der Waals surface area contributed by atoms with Crippen LogP contribution in [0.2, 0.25) is 0 Å². The number of H-pyrrole nitrogens is 1. The van der Waals surface area contributed by atoms with E-state index in [0.717, 1.165) is 10.7 Å². The van der Waals surface area contributed by atoms with E-state index in [1.807, 2.05) is 0 Å².